The van der Waals surface area contributed by atoms with Gasteiger partial charge in [0.1, 0.15) is 5.82 Å². The molecule has 2 aromatic carbocycles. The molecular weight excluding hydrogens is 393 g/mol. The number of nitrogens with one attached hydrogen (secondary N) is 1. The van der Waals surface area contributed by atoms with Crippen molar-refractivity contribution in [3.8, 4) is 11.1 Å². The van der Waals surface area contributed by atoms with Crippen LogP contribution in [0.2, 0.25) is 0 Å². The van der Waals surface area contributed by atoms with E-state index >= 15 is 0 Å². The number of H-pyrrole nitrogens is 1. The molecule has 2 amide bonds. The number of carbonyl (C=O) groups excluding carboxylic acids is 2. The molecule has 1 saturated heterocycles. The summed E-state index contributed by atoms with van der Waals surface area (Å²) in [6.07, 6.45) is 5.04. The number of hydrogen-bond donors (Lipinski definition) is 1. The predicted molar refractivity (Wildman–Crippen MR) is 119 cm³/mol. The number of amides is 2. The predicted octanol–water partition coefficient (Wildman–Crippen LogP) is 4.59. The van der Waals surface area contributed by atoms with Crippen LogP contribution in [0.5, 0.6) is 0 Å². The molecule has 31 heavy (non-hydrogen) atoms. The molecule has 0 radical (unpaired) electrons. The Kier molecular flexibility index (Phi) is 5.00. The summed E-state index contributed by atoms with van der Waals surface area (Å²) in [7, 11) is 1.62. The maximum atomic E-state index is 14.9. The lowest BCUT2D eigenvalue weighted by Gasteiger charge is -2.21. The third-order valence-corrected chi connectivity index (χ3v) is 6.56. The van der Waals surface area contributed by atoms with Crippen LogP contribution in [0, 0.1) is 17.7 Å². The van der Waals surface area contributed by atoms with Gasteiger partial charge >= 0.3 is 0 Å². The molecule has 1 atom stereocenters. The largest absolute Gasteiger partial charge is 0.361 e. The van der Waals surface area contributed by atoms with Gasteiger partial charge in [-0.25, -0.2) is 4.39 Å². The zero-order valence-corrected chi connectivity index (χ0v) is 17.6. The number of fused-ring (bicyclic) bond motifs is 1. The molecule has 1 aliphatic carbocycles. The zero-order valence-electron chi connectivity index (χ0n) is 17.6. The Morgan fingerprint density at radius 3 is 2.65 bits per heavy atom. The maximum Gasteiger partial charge on any atom is 0.227 e. The summed E-state index contributed by atoms with van der Waals surface area (Å²) in [5, 5.41) is 1.07. The second kappa shape index (κ2) is 7.84. The molecule has 1 aliphatic heterocycles. The van der Waals surface area contributed by atoms with E-state index in [0.717, 1.165) is 47.8 Å². The molecule has 3 aromatic rings. The van der Waals surface area contributed by atoms with E-state index in [1.165, 1.54) is 11.0 Å². The molecule has 1 N–H and O–H groups in total. The van der Waals surface area contributed by atoms with E-state index < -0.39 is 5.82 Å². The van der Waals surface area contributed by atoms with Crippen LogP contribution in [-0.2, 0) is 9.59 Å². The Balaban J connectivity index is 1.26. The Bertz CT molecular complexity index is 1150. The third-order valence-electron chi connectivity index (χ3n) is 6.56. The molecule has 0 bridgehead atoms. The first-order chi connectivity index (χ1) is 15.0. The Morgan fingerprint density at radius 1 is 1.10 bits per heavy atom. The lowest BCUT2D eigenvalue weighted by Crippen LogP contribution is -2.32. The molecule has 2 heterocycles. The molecule has 5 nitrogen and oxygen atoms in total. The number of anilines is 1. The second-order valence-electron chi connectivity index (χ2n) is 8.82. The van der Waals surface area contributed by atoms with Crippen LogP contribution in [-0.4, -0.2) is 41.8 Å². The minimum Gasteiger partial charge on any atom is -0.361 e. The molecule has 2 fully saturated rings. The normalized spacial score (nSPS) is 18.5. The van der Waals surface area contributed by atoms with E-state index in [1.807, 2.05) is 41.4 Å². The number of halogens is 1. The SMILES string of the molecule is CN(C(=O)C[C@@H]1CCN(C(=O)C2CC2)C1)c1ccc(-c2ccc3[nH]ccc3c2)cc1F. The van der Waals surface area contributed by atoms with E-state index in [0.29, 0.717) is 13.0 Å². The van der Waals surface area contributed by atoms with Crippen molar-refractivity contribution in [1.82, 2.24) is 9.88 Å². The molecule has 0 spiro atoms. The minimum absolute atomic E-state index is 0.119. The van der Waals surface area contributed by atoms with Gasteiger partial charge in [-0.05, 0) is 72.0 Å². The van der Waals surface area contributed by atoms with Crippen molar-refractivity contribution < 1.29 is 14.0 Å². The van der Waals surface area contributed by atoms with Crippen LogP contribution in [0.1, 0.15) is 25.7 Å². The van der Waals surface area contributed by atoms with Crippen molar-refractivity contribution in [1.29, 1.82) is 0 Å². The average Bonchev–Trinajstić information content (AvgIpc) is 3.33. The van der Waals surface area contributed by atoms with Crippen LogP contribution >= 0.6 is 0 Å². The smallest absolute Gasteiger partial charge is 0.227 e. The summed E-state index contributed by atoms with van der Waals surface area (Å²) in [5.41, 5.74) is 3.02. The molecule has 1 aromatic heterocycles. The van der Waals surface area contributed by atoms with Crippen molar-refractivity contribution in [3.05, 3.63) is 54.5 Å². The van der Waals surface area contributed by atoms with Crippen LogP contribution in [0.4, 0.5) is 10.1 Å². The Hall–Kier alpha value is -3.15. The number of benzene rings is 2. The molecule has 1 saturated carbocycles. The summed E-state index contributed by atoms with van der Waals surface area (Å²) < 4.78 is 14.9. The molecule has 0 unspecified atom stereocenters. The van der Waals surface area contributed by atoms with Gasteiger partial charge in [-0.1, -0.05) is 12.1 Å². The fourth-order valence-electron chi connectivity index (χ4n) is 4.50. The summed E-state index contributed by atoms with van der Waals surface area (Å²) in [6, 6.07) is 12.9. The van der Waals surface area contributed by atoms with Crippen molar-refractivity contribution in [2.24, 2.45) is 11.8 Å². The van der Waals surface area contributed by atoms with Crippen LogP contribution in [0.3, 0.4) is 0 Å². The van der Waals surface area contributed by atoms with Gasteiger partial charge in [0.25, 0.3) is 0 Å². The maximum absolute atomic E-state index is 14.9. The number of aromatic amines is 1. The summed E-state index contributed by atoms with van der Waals surface area (Å²) in [6.45, 7) is 1.36. The van der Waals surface area contributed by atoms with Crippen molar-refractivity contribution in [2.45, 2.75) is 25.7 Å². The highest BCUT2D eigenvalue weighted by molar-refractivity contribution is 5.93. The first-order valence-electron chi connectivity index (χ1n) is 10.9. The lowest BCUT2D eigenvalue weighted by molar-refractivity contribution is -0.131. The van der Waals surface area contributed by atoms with Crippen LogP contribution in [0.25, 0.3) is 22.0 Å². The second-order valence-corrected chi connectivity index (χ2v) is 8.82. The standard InChI is InChI=1S/C25H26FN3O2/c1-28(24(30)12-16-9-11-29(15-16)25(31)17-2-3-17)23-7-5-19(14-21(23)26)18-4-6-22-20(13-18)8-10-27-22/h4-8,10,13-14,16-17,27H,2-3,9,11-12,15H2,1H3/t16-/m0/s1. The van der Waals surface area contributed by atoms with Crippen LogP contribution in [0.15, 0.2) is 48.7 Å². The number of carbonyl (C=O) groups is 2. The molecule has 160 valence electrons. The lowest BCUT2D eigenvalue weighted by atomic mass is 10.0. The minimum atomic E-state index is -0.417. The van der Waals surface area contributed by atoms with Crippen molar-refractivity contribution >= 4 is 28.4 Å². The van der Waals surface area contributed by atoms with E-state index in [-0.39, 0.29) is 29.3 Å². The van der Waals surface area contributed by atoms with E-state index in [9.17, 15) is 14.0 Å². The van der Waals surface area contributed by atoms with Gasteiger partial charge in [-0.3, -0.25) is 9.59 Å². The van der Waals surface area contributed by atoms with Gasteiger partial charge in [-0.15, -0.1) is 0 Å². The first-order valence-corrected chi connectivity index (χ1v) is 10.9. The van der Waals surface area contributed by atoms with E-state index in [2.05, 4.69) is 4.98 Å². The van der Waals surface area contributed by atoms with E-state index in [4.69, 9.17) is 0 Å². The summed E-state index contributed by atoms with van der Waals surface area (Å²) in [5.74, 6) is 0.0594. The summed E-state index contributed by atoms with van der Waals surface area (Å²) >= 11 is 0. The number of likely N-dealkylation sites (tertiary alicyclic amines) is 1. The highest BCUT2D eigenvalue weighted by Gasteiger charge is 2.37. The fourth-order valence-corrected chi connectivity index (χ4v) is 4.50. The highest BCUT2D eigenvalue weighted by atomic mass is 19.1. The van der Waals surface area contributed by atoms with Gasteiger partial charge in [-0.2, -0.15) is 0 Å². The molecule has 2 aliphatic rings. The average molecular weight is 420 g/mol. The van der Waals surface area contributed by atoms with Gasteiger partial charge in [0, 0.05) is 44.2 Å². The highest BCUT2D eigenvalue weighted by Crippen LogP contribution is 2.34. The molecular formula is C25H26FN3O2. The van der Waals surface area contributed by atoms with Crippen molar-refractivity contribution in [3.63, 3.8) is 0 Å². The monoisotopic (exact) mass is 419 g/mol. The quantitative estimate of drug-likeness (QED) is 0.658. The number of rotatable bonds is 5. The van der Waals surface area contributed by atoms with Gasteiger partial charge < -0.3 is 14.8 Å². The number of nitrogens with zero attached hydrogens (tertiary/aromatic N) is 2. The van der Waals surface area contributed by atoms with E-state index in [1.54, 1.807) is 13.1 Å². The Morgan fingerprint density at radius 2 is 1.87 bits per heavy atom. The van der Waals surface area contributed by atoms with Crippen molar-refractivity contribution in [2.75, 3.05) is 25.0 Å². The van der Waals surface area contributed by atoms with Gasteiger partial charge in [0.05, 0.1) is 5.69 Å². The summed E-state index contributed by atoms with van der Waals surface area (Å²) in [4.78, 5) is 31.5. The number of hydrogen-bond acceptors (Lipinski definition) is 2. The first kappa shape index (κ1) is 19.8. The fraction of sp³-hybridized carbons (Fsp3) is 0.360. The zero-order chi connectivity index (χ0) is 21.5. The van der Waals surface area contributed by atoms with Crippen LogP contribution < -0.4 is 4.90 Å². The Labute approximate surface area is 180 Å². The number of aromatic nitrogens is 1. The topological polar surface area (TPSA) is 56.4 Å². The van der Waals surface area contributed by atoms with Gasteiger partial charge in [0.15, 0.2) is 0 Å². The van der Waals surface area contributed by atoms with Gasteiger partial charge in [0.2, 0.25) is 11.8 Å². The molecule has 6 heteroatoms. The molecule has 5 rings (SSSR count). The third kappa shape index (κ3) is 3.94.